The molecule has 2 rings (SSSR count). The molecule has 0 aliphatic carbocycles. The number of carbonyl (C=O) groups is 4. The van der Waals surface area contributed by atoms with Crippen molar-refractivity contribution in [2.75, 3.05) is 24.8 Å². The molecule has 1 unspecified atom stereocenters. The van der Waals surface area contributed by atoms with Crippen LogP contribution in [0.4, 0.5) is 16.2 Å². The van der Waals surface area contributed by atoms with E-state index in [4.69, 9.17) is 4.74 Å². The molecule has 1 atom stereocenters. The summed E-state index contributed by atoms with van der Waals surface area (Å²) in [4.78, 5) is 50.0. The number of benzene rings is 1. The molecule has 1 fully saturated rings. The van der Waals surface area contributed by atoms with E-state index in [-0.39, 0.29) is 0 Å². The van der Waals surface area contributed by atoms with Crippen LogP contribution in [-0.4, -0.2) is 54.3 Å². The Morgan fingerprint density at radius 2 is 1.92 bits per heavy atom. The normalized spacial score (nSPS) is 16.7. The van der Waals surface area contributed by atoms with E-state index < -0.39 is 35.2 Å². The number of hydrogen-bond acceptors (Lipinski definition) is 6. The van der Waals surface area contributed by atoms with Crippen molar-refractivity contribution in [2.45, 2.75) is 32.4 Å². The molecule has 0 aromatic heterocycles. The van der Waals surface area contributed by atoms with Crippen LogP contribution in [0.5, 0.6) is 5.75 Å². The topological polar surface area (TPSA) is 117 Å². The van der Waals surface area contributed by atoms with Crippen molar-refractivity contribution < 1.29 is 23.9 Å². The van der Waals surface area contributed by atoms with Gasteiger partial charge in [-0.2, -0.15) is 0 Å². The molecule has 0 radical (unpaired) electrons. The van der Waals surface area contributed by atoms with Crippen molar-refractivity contribution in [3.05, 3.63) is 18.2 Å². The maximum Gasteiger partial charge on any atom is 0.326 e. The Labute approximate surface area is 151 Å². The van der Waals surface area contributed by atoms with Crippen LogP contribution in [0, 0.1) is 0 Å². The fraction of sp³-hybridized carbons (Fsp3) is 0.412. The van der Waals surface area contributed by atoms with E-state index in [0.717, 1.165) is 6.92 Å². The summed E-state index contributed by atoms with van der Waals surface area (Å²) >= 11 is 0. The highest BCUT2D eigenvalue weighted by molar-refractivity contribution is 6.18. The highest BCUT2D eigenvalue weighted by atomic mass is 16.5. The van der Waals surface area contributed by atoms with E-state index in [1.54, 1.807) is 25.2 Å². The van der Waals surface area contributed by atoms with Gasteiger partial charge in [0, 0.05) is 12.7 Å². The third-order valence-corrected chi connectivity index (χ3v) is 4.03. The summed E-state index contributed by atoms with van der Waals surface area (Å²) in [6, 6.07) is 2.64. The number of amides is 4. The summed E-state index contributed by atoms with van der Waals surface area (Å²) in [5, 5.41) is 7.94. The number of nitrogens with one attached hydrogen (secondary N) is 3. The Balaban J connectivity index is 2.35. The van der Waals surface area contributed by atoms with Crippen molar-refractivity contribution in [1.29, 1.82) is 0 Å². The van der Waals surface area contributed by atoms with Gasteiger partial charge < -0.3 is 20.7 Å². The van der Waals surface area contributed by atoms with Gasteiger partial charge in [0.25, 0.3) is 11.8 Å². The predicted molar refractivity (Wildman–Crippen MR) is 95.1 cm³/mol. The Morgan fingerprint density at radius 3 is 2.38 bits per heavy atom. The Bertz CT molecular complexity index is 774. The van der Waals surface area contributed by atoms with Crippen LogP contribution in [0.1, 0.15) is 20.8 Å². The first-order chi connectivity index (χ1) is 12.1. The van der Waals surface area contributed by atoms with Gasteiger partial charge in [-0.3, -0.25) is 14.4 Å². The molecule has 1 saturated heterocycles. The van der Waals surface area contributed by atoms with Crippen LogP contribution in [0.2, 0.25) is 0 Å². The number of ketones is 1. The van der Waals surface area contributed by atoms with Gasteiger partial charge in [0.05, 0.1) is 12.8 Å². The van der Waals surface area contributed by atoms with Gasteiger partial charge in [0.15, 0.2) is 11.8 Å². The number of nitrogens with zero attached hydrogens (tertiary/aromatic N) is 1. The van der Waals surface area contributed by atoms with E-state index in [1.165, 1.54) is 21.0 Å². The van der Waals surface area contributed by atoms with Crippen LogP contribution in [0.25, 0.3) is 0 Å². The average Bonchev–Trinajstić information content (AvgIpc) is 2.76. The van der Waals surface area contributed by atoms with Crippen molar-refractivity contribution in [2.24, 2.45) is 0 Å². The van der Waals surface area contributed by atoms with Crippen LogP contribution in [-0.2, 0) is 14.4 Å². The van der Waals surface area contributed by atoms with Crippen molar-refractivity contribution in [3.63, 3.8) is 0 Å². The van der Waals surface area contributed by atoms with E-state index in [9.17, 15) is 19.2 Å². The lowest BCUT2D eigenvalue weighted by atomic mass is 10.0. The molecule has 1 aromatic rings. The van der Waals surface area contributed by atoms with E-state index in [0.29, 0.717) is 22.0 Å². The first-order valence-electron chi connectivity index (χ1n) is 7.95. The van der Waals surface area contributed by atoms with Crippen molar-refractivity contribution in [3.8, 4) is 5.75 Å². The zero-order valence-electron chi connectivity index (χ0n) is 15.3. The minimum absolute atomic E-state index is 0.307. The van der Waals surface area contributed by atoms with Gasteiger partial charge in [0.1, 0.15) is 11.3 Å². The number of methoxy groups -OCH3 is 1. The second kappa shape index (κ2) is 7.03. The largest absolute Gasteiger partial charge is 0.495 e. The number of ether oxygens (including phenoxy) is 1. The average molecular weight is 362 g/mol. The molecule has 3 N–H and O–H groups in total. The summed E-state index contributed by atoms with van der Waals surface area (Å²) in [6.45, 7) is 4.15. The molecule has 1 aromatic carbocycles. The molecule has 140 valence electrons. The van der Waals surface area contributed by atoms with Gasteiger partial charge in [-0.25, -0.2) is 9.69 Å². The summed E-state index contributed by atoms with van der Waals surface area (Å²) in [5.74, 6) is -1.70. The zero-order chi connectivity index (χ0) is 19.6. The van der Waals surface area contributed by atoms with Gasteiger partial charge >= 0.3 is 6.03 Å². The highest BCUT2D eigenvalue weighted by Crippen LogP contribution is 2.28. The van der Waals surface area contributed by atoms with E-state index in [1.807, 2.05) is 0 Å². The molecule has 9 heteroatoms. The minimum Gasteiger partial charge on any atom is -0.495 e. The third-order valence-electron chi connectivity index (χ3n) is 4.03. The molecule has 0 spiro atoms. The number of Topliss-reactive ketones (excluding diaryl/α,β-unsaturated/α-hetero) is 1. The number of hydrogen-bond donors (Lipinski definition) is 3. The standard InChI is InChI=1S/C17H22N4O5/c1-9(22)13(21-15(24)17(2,3)20-16(21)25)14(23)19-11-8-10(18-4)6-7-12(11)26-5/h6-8,13,18H,1-5H3,(H,19,23)(H,20,25). The molecule has 4 amide bonds. The summed E-state index contributed by atoms with van der Waals surface area (Å²) in [6.07, 6.45) is 0. The number of imide groups is 1. The zero-order valence-corrected chi connectivity index (χ0v) is 15.3. The lowest BCUT2D eigenvalue weighted by molar-refractivity contribution is -0.141. The second-order valence-corrected chi connectivity index (χ2v) is 6.40. The fourth-order valence-corrected chi connectivity index (χ4v) is 2.65. The smallest absolute Gasteiger partial charge is 0.326 e. The molecule has 1 aliphatic rings. The summed E-state index contributed by atoms with van der Waals surface area (Å²) in [5.41, 5.74) is -0.173. The van der Waals surface area contributed by atoms with E-state index in [2.05, 4.69) is 16.0 Å². The molecular weight excluding hydrogens is 340 g/mol. The quantitative estimate of drug-likeness (QED) is 0.513. The SMILES string of the molecule is CNc1ccc(OC)c(NC(=O)C(C(C)=O)N2C(=O)NC(C)(C)C2=O)c1. The van der Waals surface area contributed by atoms with Gasteiger partial charge in [0.2, 0.25) is 0 Å². The maximum atomic E-state index is 12.7. The second-order valence-electron chi connectivity index (χ2n) is 6.40. The third kappa shape index (κ3) is 3.46. The number of rotatable bonds is 6. The Morgan fingerprint density at radius 1 is 1.27 bits per heavy atom. The van der Waals surface area contributed by atoms with Crippen LogP contribution >= 0.6 is 0 Å². The first-order valence-corrected chi connectivity index (χ1v) is 7.95. The lowest BCUT2D eigenvalue weighted by Crippen LogP contribution is -2.52. The fourth-order valence-electron chi connectivity index (χ4n) is 2.65. The molecule has 1 heterocycles. The Kier molecular flexibility index (Phi) is 5.20. The van der Waals surface area contributed by atoms with Gasteiger partial charge in [-0.1, -0.05) is 0 Å². The first kappa shape index (κ1) is 19.2. The van der Waals surface area contributed by atoms with Crippen LogP contribution < -0.4 is 20.7 Å². The van der Waals surface area contributed by atoms with Crippen molar-refractivity contribution >= 4 is 35.0 Å². The van der Waals surface area contributed by atoms with Gasteiger partial charge in [-0.05, 0) is 39.0 Å². The number of carbonyl (C=O) groups excluding carboxylic acids is 4. The molecular formula is C17H22N4O5. The summed E-state index contributed by atoms with van der Waals surface area (Å²) in [7, 11) is 3.15. The number of urea groups is 1. The molecule has 1 aliphatic heterocycles. The van der Waals surface area contributed by atoms with Gasteiger partial charge in [-0.15, -0.1) is 0 Å². The predicted octanol–water partition coefficient (Wildman–Crippen LogP) is 0.963. The lowest BCUT2D eigenvalue weighted by Gasteiger charge is -2.23. The monoisotopic (exact) mass is 362 g/mol. The maximum absolute atomic E-state index is 12.7. The molecule has 0 saturated carbocycles. The molecule has 26 heavy (non-hydrogen) atoms. The van der Waals surface area contributed by atoms with Crippen LogP contribution in [0.15, 0.2) is 18.2 Å². The van der Waals surface area contributed by atoms with Crippen molar-refractivity contribution in [1.82, 2.24) is 10.2 Å². The molecule has 9 nitrogen and oxygen atoms in total. The Hall–Kier alpha value is -3.10. The molecule has 0 bridgehead atoms. The van der Waals surface area contributed by atoms with Crippen LogP contribution in [0.3, 0.4) is 0 Å². The minimum atomic E-state index is -1.58. The number of anilines is 2. The highest BCUT2D eigenvalue weighted by Gasteiger charge is 2.50. The van der Waals surface area contributed by atoms with E-state index >= 15 is 0 Å². The summed E-state index contributed by atoms with van der Waals surface area (Å²) < 4.78 is 5.20.